The Morgan fingerprint density at radius 1 is 1.56 bits per heavy atom. The normalized spacial score (nSPS) is 16.8. The van der Waals surface area contributed by atoms with Crippen molar-refractivity contribution in [1.29, 1.82) is 0 Å². The van der Waals surface area contributed by atoms with E-state index < -0.39 is 0 Å². The second-order valence-corrected chi connectivity index (χ2v) is 4.76. The molecule has 1 amide bonds. The number of aromatic hydroxyl groups is 1. The first-order valence-corrected chi connectivity index (χ1v) is 5.99. The van der Waals surface area contributed by atoms with Crippen LogP contribution in [0.4, 0.5) is 0 Å². The molecule has 0 aromatic heterocycles. The smallest absolute Gasteiger partial charge is 0.255 e. The van der Waals surface area contributed by atoms with Gasteiger partial charge >= 0.3 is 0 Å². The van der Waals surface area contributed by atoms with Gasteiger partial charge in [0.25, 0.3) is 5.91 Å². The second kappa shape index (κ2) is 4.86. The number of nitrogens with one attached hydrogen (secondary N) is 1. The van der Waals surface area contributed by atoms with E-state index in [2.05, 4.69) is 5.32 Å². The molecule has 0 bridgehead atoms. The van der Waals surface area contributed by atoms with E-state index in [0.29, 0.717) is 6.54 Å². The zero-order valence-corrected chi connectivity index (χ0v) is 10.4. The number of carbonyl (C=O) groups excluding carboxylic acids is 1. The third kappa shape index (κ3) is 2.41. The van der Waals surface area contributed by atoms with E-state index in [9.17, 15) is 9.90 Å². The van der Waals surface area contributed by atoms with Crippen molar-refractivity contribution in [2.24, 2.45) is 5.73 Å². The first-order valence-electron chi connectivity index (χ1n) is 5.99. The average molecular weight is 250 g/mol. The molecule has 18 heavy (non-hydrogen) atoms. The first-order chi connectivity index (χ1) is 8.56. The highest BCUT2D eigenvalue weighted by Gasteiger charge is 2.32. The molecule has 98 valence electrons. The van der Waals surface area contributed by atoms with E-state index in [1.165, 1.54) is 7.11 Å². The van der Waals surface area contributed by atoms with Gasteiger partial charge in [0.05, 0.1) is 12.7 Å². The lowest BCUT2D eigenvalue weighted by atomic mass is 9.78. The Morgan fingerprint density at radius 3 is 2.83 bits per heavy atom. The summed E-state index contributed by atoms with van der Waals surface area (Å²) < 4.78 is 4.96. The Bertz CT molecular complexity index is 456. The van der Waals surface area contributed by atoms with E-state index in [-0.39, 0.29) is 28.5 Å². The number of para-hydroxylation sites is 1. The molecule has 1 saturated carbocycles. The summed E-state index contributed by atoms with van der Waals surface area (Å²) in [7, 11) is 1.44. The zero-order valence-electron chi connectivity index (χ0n) is 10.4. The predicted molar refractivity (Wildman–Crippen MR) is 67.8 cm³/mol. The molecule has 1 fully saturated rings. The topological polar surface area (TPSA) is 84.6 Å². The number of phenolic OH excluding ortho intramolecular Hbond substituents is 1. The van der Waals surface area contributed by atoms with Crippen molar-refractivity contribution >= 4 is 5.91 Å². The number of methoxy groups -OCH3 is 1. The molecule has 0 saturated heterocycles. The molecular weight excluding hydrogens is 232 g/mol. The maximum atomic E-state index is 11.9. The molecule has 0 heterocycles. The van der Waals surface area contributed by atoms with Gasteiger partial charge in [0.2, 0.25) is 0 Å². The zero-order chi connectivity index (χ0) is 13.2. The van der Waals surface area contributed by atoms with Crippen LogP contribution in [-0.2, 0) is 0 Å². The van der Waals surface area contributed by atoms with Gasteiger partial charge in [0.1, 0.15) is 0 Å². The predicted octanol–water partition coefficient (Wildman–Crippen LogP) is 1.01. The summed E-state index contributed by atoms with van der Waals surface area (Å²) in [4.78, 5) is 11.9. The molecule has 4 N–H and O–H groups in total. The van der Waals surface area contributed by atoms with E-state index in [1.807, 2.05) is 0 Å². The molecule has 1 aliphatic carbocycles. The van der Waals surface area contributed by atoms with Crippen molar-refractivity contribution in [3.8, 4) is 11.5 Å². The van der Waals surface area contributed by atoms with Crippen LogP contribution in [0.2, 0.25) is 0 Å². The van der Waals surface area contributed by atoms with Gasteiger partial charge in [-0.25, -0.2) is 0 Å². The van der Waals surface area contributed by atoms with Crippen LogP contribution >= 0.6 is 0 Å². The number of amides is 1. The minimum absolute atomic E-state index is 0.141. The van der Waals surface area contributed by atoms with Gasteiger partial charge < -0.3 is 20.9 Å². The van der Waals surface area contributed by atoms with Crippen LogP contribution in [0.5, 0.6) is 11.5 Å². The lowest BCUT2D eigenvalue weighted by Gasteiger charge is -2.38. The van der Waals surface area contributed by atoms with Crippen LogP contribution in [0.3, 0.4) is 0 Å². The molecule has 2 rings (SSSR count). The van der Waals surface area contributed by atoms with Gasteiger partial charge in [0.15, 0.2) is 11.5 Å². The summed E-state index contributed by atoms with van der Waals surface area (Å²) in [5, 5.41) is 12.6. The summed E-state index contributed by atoms with van der Waals surface area (Å²) in [6.07, 6.45) is 2.96. The Morgan fingerprint density at radius 2 is 2.28 bits per heavy atom. The van der Waals surface area contributed by atoms with Crippen molar-refractivity contribution < 1.29 is 14.6 Å². The number of ether oxygens (including phenoxy) is 1. The third-order valence-electron chi connectivity index (χ3n) is 3.41. The molecule has 1 aromatic carbocycles. The standard InChI is InChI=1S/C13H18N2O3/c1-18-10-5-2-4-9(11(10)16)12(17)15-8-13(14)6-3-7-13/h2,4-5,16H,3,6-8,14H2,1H3,(H,15,17). The fourth-order valence-corrected chi connectivity index (χ4v) is 2.03. The van der Waals surface area contributed by atoms with Crippen molar-refractivity contribution in [3.63, 3.8) is 0 Å². The monoisotopic (exact) mass is 250 g/mol. The lowest BCUT2D eigenvalue weighted by Crippen LogP contribution is -2.54. The molecule has 0 radical (unpaired) electrons. The van der Waals surface area contributed by atoms with Gasteiger partial charge in [-0.15, -0.1) is 0 Å². The molecule has 5 nitrogen and oxygen atoms in total. The van der Waals surface area contributed by atoms with E-state index in [4.69, 9.17) is 10.5 Å². The van der Waals surface area contributed by atoms with Crippen LogP contribution in [-0.4, -0.2) is 30.2 Å². The van der Waals surface area contributed by atoms with Crippen molar-refractivity contribution in [1.82, 2.24) is 5.32 Å². The van der Waals surface area contributed by atoms with Gasteiger partial charge in [0, 0.05) is 12.1 Å². The Balaban J connectivity index is 2.04. The molecule has 1 aliphatic rings. The quantitative estimate of drug-likeness (QED) is 0.744. The van der Waals surface area contributed by atoms with Crippen molar-refractivity contribution in [2.45, 2.75) is 24.8 Å². The number of rotatable bonds is 4. The number of nitrogens with two attached hydrogens (primary N) is 1. The first kappa shape index (κ1) is 12.7. The highest BCUT2D eigenvalue weighted by Crippen LogP contribution is 2.30. The maximum Gasteiger partial charge on any atom is 0.255 e. The fraction of sp³-hybridized carbons (Fsp3) is 0.462. The molecule has 0 spiro atoms. The molecular formula is C13H18N2O3. The summed E-state index contributed by atoms with van der Waals surface area (Å²) >= 11 is 0. The molecule has 1 aromatic rings. The van der Waals surface area contributed by atoms with Crippen LogP contribution in [0, 0.1) is 0 Å². The second-order valence-electron chi connectivity index (χ2n) is 4.76. The van der Waals surface area contributed by atoms with Crippen LogP contribution < -0.4 is 15.8 Å². The molecule has 5 heteroatoms. The van der Waals surface area contributed by atoms with E-state index >= 15 is 0 Å². The van der Waals surface area contributed by atoms with E-state index in [1.54, 1.807) is 18.2 Å². The van der Waals surface area contributed by atoms with Crippen LogP contribution in [0.25, 0.3) is 0 Å². The Labute approximate surface area is 106 Å². The summed E-state index contributed by atoms with van der Waals surface area (Å²) in [5.74, 6) is -0.186. The molecule has 0 atom stereocenters. The average Bonchev–Trinajstić information content (AvgIpc) is 2.34. The Hall–Kier alpha value is -1.75. The molecule has 0 unspecified atom stereocenters. The van der Waals surface area contributed by atoms with Gasteiger partial charge in [-0.1, -0.05) is 6.07 Å². The number of hydrogen-bond acceptors (Lipinski definition) is 4. The molecule has 0 aliphatic heterocycles. The SMILES string of the molecule is COc1cccc(C(=O)NCC2(N)CCC2)c1O. The largest absolute Gasteiger partial charge is 0.504 e. The maximum absolute atomic E-state index is 11.9. The summed E-state index contributed by atoms with van der Waals surface area (Å²) in [5.41, 5.74) is 5.95. The van der Waals surface area contributed by atoms with Crippen molar-refractivity contribution in [2.75, 3.05) is 13.7 Å². The summed E-state index contributed by atoms with van der Waals surface area (Å²) in [6, 6.07) is 4.81. The van der Waals surface area contributed by atoms with Crippen molar-refractivity contribution in [3.05, 3.63) is 23.8 Å². The highest BCUT2D eigenvalue weighted by atomic mass is 16.5. The number of benzene rings is 1. The number of hydrogen-bond donors (Lipinski definition) is 3. The minimum Gasteiger partial charge on any atom is -0.504 e. The van der Waals surface area contributed by atoms with Gasteiger partial charge in [-0.2, -0.15) is 0 Å². The minimum atomic E-state index is -0.330. The fourth-order valence-electron chi connectivity index (χ4n) is 2.03. The Kier molecular flexibility index (Phi) is 3.43. The third-order valence-corrected chi connectivity index (χ3v) is 3.41. The highest BCUT2D eigenvalue weighted by molar-refractivity contribution is 5.97. The lowest BCUT2D eigenvalue weighted by molar-refractivity contribution is 0.0926. The van der Waals surface area contributed by atoms with Crippen LogP contribution in [0.1, 0.15) is 29.6 Å². The number of phenols is 1. The van der Waals surface area contributed by atoms with E-state index in [0.717, 1.165) is 19.3 Å². The van der Waals surface area contributed by atoms with Gasteiger partial charge in [-0.3, -0.25) is 4.79 Å². The number of carbonyl (C=O) groups is 1. The van der Waals surface area contributed by atoms with Crippen LogP contribution in [0.15, 0.2) is 18.2 Å². The van der Waals surface area contributed by atoms with Gasteiger partial charge in [-0.05, 0) is 31.4 Å². The summed E-state index contributed by atoms with van der Waals surface area (Å²) in [6.45, 7) is 0.433.